The molecule has 1 aliphatic heterocycles. The van der Waals surface area contributed by atoms with Gasteiger partial charge in [-0.2, -0.15) is 0 Å². The highest BCUT2D eigenvalue weighted by Gasteiger charge is 2.06. The van der Waals surface area contributed by atoms with Crippen LogP contribution < -0.4 is 10.0 Å². The molecule has 0 amide bonds. The molecular formula is C14H25NO2. The molecule has 0 bridgehead atoms. The molecule has 3 nitrogen and oxygen atoms in total. The third-order valence-electron chi connectivity index (χ3n) is 2.54. The van der Waals surface area contributed by atoms with Crippen molar-refractivity contribution in [1.82, 2.24) is 0 Å². The van der Waals surface area contributed by atoms with Crippen LogP contribution in [0.25, 0.3) is 0 Å². The van der Waals surface area contributed by atoms with E-state index in [4.69, 9.17) is 9.90 Å². The lowest BCUT2D eigenvalue weighted by Crippen LogP contribution is -3.01. The average Bonchev–Trinajstić information content (AvgIpc) is 2.63. The predicted octanol–water partition coefficient (Wildman–Crippen LogP) is 1.03. The predicted molar refractivity (Wildman–Crippen MR) is 68.2 cm³/mol. The Labute approximate surface area is 105 Å². The van der Waals surface area contributed by atoms with Crippen molar-refractivity contribution in [2.45, 2.75) is 52.9 Å². The molecule has 1 aliphatic rings. The lowest BCUT2D eigenvalue weighted by molar-refractivity contribution is -0.788. The van der Waals surface area contributed by atoms with E-state index in [9.17, 15) is 0 Å². The number of unbranched alkanes of at least 4 members (excludes halogenated alkanes) is 4. The van der Waals surface area contributed by atoms with Crippen LogP contribution in [0.2, 0.25) is 0 Å². The standard InChI is InChI=1S/C12H21N.C2H4O2/c1-3-4-5-6-7-9-13-10-8-12(2)11-13;1-2(3)4/h8,10-11H,3-7,9H2,1-2H3;1H3,(H,3,4). The van der Waals surface area contributed by atoms with E-state index in [1.807, 2.05) is 0 Å². The van der Waals surface area contributed by atoms with E-state index in [0.29, 0.717) is 0 Å². The van der Waals surface area contributed by atoms with Crippen molar-refractivity contribution in [2.75, 3.05) is 6.54 Å². The fraction of sp³-hybridized carbons (Fsp3) is 0.643. The number of carbonyl (C=O) groups is 1. The van der Waals surface area contributed by atoms with Gasteiger partial charge in [0.1, 0.15) is 6.20 Å². The number of carboxylic acid groups (broad SMARTS) is 1. The van der Waals surface area contributed by atoms with E-state index in [-0.39, 0.29) is 0 Å². The van der Waals surface area contributed by atoms with Crippen LogP contribution in [0.1, 0.15) is 52.9 Å². The van der Waals surface area contributed by atoms with Crippen LogP contribution in [0.15, 0.2) is 24.0 Å². The molecule has 1 rings (SSSR count). The molecule has 0 radical (unpaired) electrons. The summed E-state index contributed by atoms with van der Waals surface area (Å²) in [6.45, 7) is 6.68. The first-order valence-electron chi connectivity index (χ1n) is 6.46. The van der Waals surface area contributed by atoms with E-state index >= 15 is 0 Å². The highest BCUT2D eigenvalue weighted by atomic mass is 16.4. The fourth-order valence-corrected chi connectivity index (χ4v) is 1.72. The zero-order valence-electron chi connectivity index (χ0n) is 11.3. The molecule has 17 heavy (non-hydrogen) atoms. The van der Waals surface area contributed by atoms with Gasteiger partial charge in [-0.25, -0.2) is 0 Å². The van der Waals surface area contributed by atoms with E-state index < -0.39 is 5.97 Å². The Balaban J connectivity index is 0.000000557. The van der Waals surface area contributed by atoms with E-state index in [1.165, 1.54) is 49.1 Å². The van der Waals surface area contributed by atoms with Crippen LogP contribution in [0.3, 0.4) is 0 Å². The SMILES string of the molecule is CC(=O)[O-].CCCCCCC[NH+]1C=CC(C)=C1. The van der Waals surface area contributed by atoms with Gasteiger partial charge in [0.15, 0.2) is 0 Å². The number of aliphatic carboxylic acids is 1. The van der Waals surface area contributed by atoms with Crippen LogP contribution >= 0.6 is 0 Å². The number of nitrogens with one attached hydrogen (secondary N) is 1. The van der Waals surface area contributed by atoms with Gasteiger partial charge in [0.2, 0.25) is 0 Å². The largest absolute Gasteiger partial charge is 0.550 e. The smallest absolute Gasteiger partial charge is 0.102 e. The zero-order chi connectivity index (χ0) is 13.1. The molecule has 98 valence electrons. The number of allylic oxidation sites excluding steroid dienone is 2. The molecular weight excluding hydrogens is 214 g/mol. The number of rotatable bonds is 6. The van der Waals surface area contributed by atoms with E-state index in [2.05, 4.69) is 32.3 Å². The molecule has 0 saturated heterocycles. The summed E-state index contributed by atoms with van der Waals surface area (Å²) in [5.74, 6) is -1.08. The monoisotopic (exact) mass is 239 g/mol. The van der Waals surface area contributed by atoms with Gasteiger partial charge in [-0.05, 0) is 32.8 Å². The van der Waals surface area contributed by atoms with Crippen molar-refractivity contribution < 1.29 is 14.8 Å². The normalized spacial score (nSPS) is 17.4. The molecule has 1 heterocycles. The van der Waals surface area contributed by atoms with Gasteiger partial charge < -0.3 is 9.90 Å². The van der Waals surface area contributed by atoms with Crippen molar-refractivity contribution in [3.63, 3.8) is 0 Å². The lowest BCUT2D eigenvalue weighted by Gasteiger charge is -2.05. The van der Waals surface area contributed by atoms with Gasteiger partial charge in [-0.15, -0.1) is 0 Å². The Bertz CT molecular complexity index is 265. The second-order valence-corrected chi connectivity index (χ2v) is 4.45. The third kappa shape index (κ3) is 11.2. The summed E-state index contributed by atoms with van der Waals surface area (Å²) in [5, 5.41) is 8.89. The number of carboxylic acids is 1. The van der Waals surface area contributed by atoms with Crippen molar-refractivity contribution >= 4 is 5.97 Å². The van der Waals surface area contributed by atoms with Gasteiger partial charge >= 0.3 is 0 Å². The molecule has 3 heteroatoms. The summed E-state index contributed by atoms with van der Waals surface area (Å²) in [6.07, 6.45) is 13.7. The van der Waals surface area contributed by atoms with Crippen LogP contribution in [-0.2, 0) is 4.79 Å². The highest BCUT2D eigenvalue weighted by molar-refractivity contribution is 5.60. The zero-order valence-corrected chi connectivity index (χ0v) is 11.3. The van der Waals surface area contributed by atoms with Crippen molar-refractivity contribution in [3.05, 3.63) is 24.0 Å². The Hall–Kier alpha value is -1.09. The first-order chi connectivity index (χ1) is 8.06. The third-order valence-corrected chi connectivity index (χ3v) is 2.54. The van der Waals surface area contributed by atoms with E-state index in [1.54, 1.807) is 0 Å². The van der Waals surface area contributed by atoms with Gasteiger partial charge in [0.05, 0.1) is 12.7 Å². The summed E-state index contributed by atoms with van der Waals surface area (Å²) >= 11 is 0. The molecule has 0 aromatic carbocycles. The van der Waals surface area contributed by atoms with Gasteiger partial charge in [-0.3, -0.25) is 4.90 Å². The summed E-state index contributed by atoms with van der Waals surface area (Å²) in [4.78, 5) is 10.4. The number of hydrogen-bond donors (Lipinski definition) is 1. The quantitative estimate of drug-likeness (QED) is 0.704. The minimum Gasteiger partial charge on any atom is -0.550 e. The molecule has 0 aliphatic carbocycles. The van der Waals surface area contributed by atoms with Crippen LogP contribution in [0, 0.1) is 0 Å². The molecule has 0 saturated carbocycles. The molecule has 0 fully saturated rings. The average molecular weight is 239 g/mol. The number of quaternary nitrogens is 1. The summed E-state index contributed by atoms with van der Waals surface area (Å²) in [5.41, 5.74) is 1.41. The second-order valence-electron chi connectivity index (χ2n) is 4.45. The molecule has 0 spiro atoms. The first-order valence-corrected chi connectivity index (χ1v) is 6.46. The number of hydrogen-bond acceptors (Lipinski definition) is 2. The van der Waals surface area contributed by atoms with Crippen molar-refractivity contribution in [2.24, 2.45) is 0 Å². The summed E-state index contributed by atoms with van der Waals surface area (Å²) < 4.78 is 0. The minimum absolute atomic E-state index is 0.972. The van der Waals surface area contributed by atoms with Crippen molar-refractivity contribution in [1.29, 1.82) is 0 Å². The van der Waals surface area contributed by atoms with Gasteiger partial charge in [-0.1, -0.05) is 26.2 Å². The summed E-state index contributed by atoms with van der Waals surface area (Å²) in [6, 6.07) is 0. The molecule has 1 atom stereocenters. The highest BCUT2D eigenvalue weighted by Crippen LogP contribution is 2.01. The topological polar surface area (TPSA) is 44.6 Å². The fourth-order valence-electron chi connectivity index (χ4n) is 1.72. The maximum Gasteiger partial charge on any atom is 0.102 e. The Morgan fingerprint density at radius 1 is 1.29 bits per heavy atom. The lowest BCUT2D eigenvalue weighted by atomic mass is 10.1. The summed E-state index contributed by atoms with van der Waals surface area (Å²) in [7, 11) is 0. The molecule has 0 aromatic heterocycles. The first kappa shape index (κ1) is 15.9. The van der Waals surface area contributed by atoms with Crippen LogP contribution in [-0.4, -0.2) is 12.5 Å². The van der Waals surface area contributed by atoms with Gasteiger partial charge in [0, 0.05) is 11.5 Å². The Morgan fingerprint density at radius 2 is 1.88 bits per heavy atom. The maximum absolute atomic E-state index is 8.89. The van der Waals surface area contributed by atoms with Gasteiger partial charge in [0.25, 0.3) is 0 Å². The Morgan fingerprint density at radius 3 is 2.35 bits per heavy atom. The maximum atomic E-state index is 8.89. The Kier molecular flexibility index (Phi) is 9.44. The van der Waals surface area contributed by atoms with Crippen LogP contribution in [0.5, 0.6) is 0 Å². The minimum atomic E-state index is -1.08. The van der Waals surface area contributed by atoms with E-state index in [0.717, 1.165) is 6.92 Å². The van der Waals surface area contributed by atoms with Crippen molar-refractivity contribution in [3.8, 4) is 0 Å². The number of carbonyl (C=O) groups excluding carboxylic acids is 1. The molecule has 0 aromatic rings. The van der Waals surface area contributed by atoms with Crippen LogP contribution in [0.4, 0.5) is 0 Å². The second kappa shape index (κ2) is 10.1. The molecule has 1 unspecified atom stereocenters. The molecule has 1 N–H and O–H groups in total.